The summed E-state index contributed by atoms with van der Waals surface area (Å²) in [4.78, 5) is 24.7. The molecule has 0 bridgehead atoms. The molecule has 96 valence electrons. The van der Waals surface area contributed by atoms with Gasteiger partial charge in [0.1, 0.15) is 0 Å². The van der Waals surface area contributed by atoms with E-state index >= 15 is 0 Å². The highest BCUT2D eigenvalue weighted by molar-refractivity contribution is 9.10. The molecule has 4 heteroatoms. The number of hydrogen-bond donors (Lipinski definition) is 1. The molecule has 0 aromatic heterocycles. The Balaban J connectivity index is 2.45. The molecule has 1 aliphatic rings. The molecule has 1 atom stereocenters. The van der Waals surface area contributed by atoms with E-state index in [9.17, 15) is 9.59 Å². The van der Waals surface area contributed by atoms with Gasteiger partial charge in [-0.25, -0.2) is 0 Å². The van der Waals surface area contributed by atoms with Crippen molar-refractivity contribution in [1.29, 1.82) is 0 Å². The third-order valence-corrected chi connectivity index (χ3v) is 4.47. The number of amides is 1. The summed E-state index contributed by atoms with van der Waals surface area (Å²) < 4.78 is -1.09. The van der Waals surface area contributed by atoms with Gasteiger partial charge in [0.05, 0.1) is 5.69 Å². The van der Waals surface area contributed by atoms with Crippen molar-refractivity contribution < 1.29 is 9.59 Å². The lowest BCUT2D eigenvalue weighted by Crippen LogP contribution is -2.48. The summed E-state index contributed by atoms with van der Waals surface area (Å²) in [6.07, 6.45) is 2.32. The van der Waals surface area contributed by atoms with Crippen LogP contribution < -0.4 is 5.32 Å². The molecule has 0 spiro atoms. The van der Waals surface area contributed by atoms with Gasteiger partial charge in [-0.1, -0.05) is 47.8 Å². The second-order valence-corrected chi connectivity index (χ2v) is 6.04. The smallest absolute Gasteiger partial charge is 0.249 e. The van der Waals surface area contributed by atoms with Crippen molar-refractivity contribution in [3.05, 3.63) is 29.3 Å². The summed E-state index contributed by atoms with van der Waals surface area (Å²) in [5.74, 6) is -0.374. The number of Topliss-reactive ketones (excluding diaryl/α,β-unsaturated/α-hetero) is 1. The molecule has 0 saturated heterocycles. The van der Waals surface area contributed by atoms with Crippen molar-refractivity contribution in [3.8, 4) is 0 Å². The normalized spacial score (nSPS) is 22.6. The van der Waals surface area contributed by atoms with Crippen LogP contribution in [0, 0.1) is 6.92 Å². The molecule has 1 aromatic carbocycles. The second-order valence-electron chi connectivity index (χ2n) is 4.69. The highest BCUT2D eigenvalue weighted by atomic mass is 79.9. The van der Waals surface area contributed by atoms with Crippen LogP contribution in [0.1, 0.15) is 42.1 Å². The predicted octanol–water partition coefficient (Wildman–Crippen LogP) is 3.45. The summed E-state index contributed by atoms with van der Waals surface area (Å²) in [7, 11) is 0. The number of nitrogens with one attached hydrogen (secondary N) is 1. The molecule has 0 saturated carbocycles. The molecular formula is C14H16BrNO2. The number of carbonyl (C=O) groups is 2. The molecular weight excluding hydrogens is 294 g/mol. The van der Waals surface area contributed by atoms with E-state index in [4.69, 9.17) is 0 Å². The van der Waals surface area contributed by atoms with Crippen LogP contribution in [0.4, 0.5) is 5.69 Å². The number of benzene rings is 1. The molecule has 0 fully saturated rings. The van der Waals surface area contributed by atoms with E-state index in [1.54, 1.807) is 6.07 Å². The third-order valence-electron chi connectivity index (χ3n) is 3.35. The first-order valence-electron chi connectivity index (χ1n) is 6.15. The maximum Gasteiger partial charge on any atom is 0.249 e. The molecule has 2 rings (SSSR count). The van der Waals surface area contributed by atoms with Gasteiger partial charge in [0.25, 0.3) is 0 Å². The van der Waals surface area contributed by atoms with Crippen LogP contribution in [0.25, 0.3) is 0 Å². The fraction of sp³-hybridized carbons (Fsp3) is 0.429. The highest BCUT2D eigenvalue weighted by Gasteiger charge is 2.47. The standard InChI is InChI=1S/C14H16BrNO2/c1-3-4-8-14(15)12(17)10-7-5-6-9(2)11(10)16-13(14)18/h5-7H,3-4,8H2,1-2H3,(H,16,18). The topological polar surface area (TPSA) is 46.2 Å². The average molecular weight is 310 g/mol. The fourth-order valence-electron chi connectivity index (χ4n) is 2.20. The predicted molar refractivity (Wildman–Crippen MR) is 75.3 cm³/mol. The maximum absolute atomic E-state index is 12.5. The van der Waals surface area contributed by atoms with Crippen LogP contribution in [0.15, 0.2) is 18.2 Å². The lowest BCUT2D eigenvalue weighted by Gasteiger charge is -2.31. The second kappa shape index (κ2) is 4.84. The molecule has 1 amide bonds. The number of ketones is 1. The van der Waals surface area contributed by atoms with Crippen LogP contribution in [0.2, 0.25) is 0 Å². The van der Waals surface area contributed by atoms with Crippen molar-refractivity contribution in [2.45, 2.75) is 37.4 Å². The van der Waals surface area contributed by atoms with Gasteiger partial charge in [0.2, 0.25) is 5.91 Å². The van der Waals surface area contributed by atoms with Crippen LogP contribution in [0.5, 0.6) is 0 Å². The number of alkyl halides is 1. The minimum absolute atomic E-state index is 0.126. The lowest BCUT2D eigenvalue weighted by atomic mass is 9.86. The zero-order valence-electron chi connectivity index (χ0n) is 10.5. The van der Waals surface area contributed by atoms with Crippen LogP contribution >= 0.6 is 15.9 Å². The summed E-state index contributed by atoms with van der Waals surface area (Å²) >= 11 is 3.36. The Labute approximate surface area is 115 Å². The number of halogens is 1. The van der Waals surface area contributed by atoms with Crippen molar-refractivity contribution in [1.82, 2.24) is 0 Å². The zero-order valence-corrected chi connectivity index (χ0v) is 12.1. The molecule has 1 unspecified atom stereocenters. The molecule has 0 radical (unpaired) electrons. The molecule has 18 heavy (non-hydrogen) atoms. The first kappa shape index (κ1) is 13.3. The molecule has 1 aromatic rings. The quantitative estimate of drug-likeness (QED) is 0.686. The Morgan fingerprint density at radius 2 is 2.06 bits per heavy atom. The minimum atomic E-state index is -1.09. The summed E-state index contributed by atoms with van der Waals surface area (Å²) in [6, 6.07) is 5.50. The zero-order chi connectivity index (χ0) is 13.3. The molecule has 3 nitrogen and oxygen atoms in total. The fourth-order valence-corrected chi connectivity index (χ4v) is 2.79. The number of aryl methyl sites for hydroxylation is 1. The molecule has 1 heterocycles. The highest BCUT2D eigenvalue weighted by Crippen LogP contribution is 2.38. The largest absolute Gasteiger partial charge is 0.324 e. The molecule has 1 aliphatic heterocycles. The number of hydrogen-bond acceptors (Lipinski definition) is 2. The van der Waals surface area contributed by atoms with Gasteiger partial charge in [-0.3, -0.25) is 9.59 Å². The van der Waals surface area contributed by atoms with Gasteiger partial charge >= 0.3 is 0 Å². The van der Waals surface area contributed by atoms with Gasteiger partial charge in [-0.2, -0.15) is 0 Å². The SMILES string of the molecule is CCCCC1(Br)C(=O)Nc2c(C)cccc2C1=O. The number of unbranched alkanes of at least 4 members (excludes halogenated alkanes) is 1. The minimum Gasteiger partial charge on any atom is -0.324 e. The Hall–Kier alpha value is -1.16. The van der Waals surface area contributed by atoms with Gasteiger partial charge in [0, 0.05) is 5.56 Å². The van der Waals surface area contributed by atoms with Crippen molar-refractivity contribution in [3.63, 3.8) is 0 Å². The summed E-state index contributed by atoms with van der Waals surface area (Å²) in [5.41, 5.74) is 2.17. The number of rotatable bonds is 3. The Morgan fingerprint density at radius 3 is 2.72 bits per heavy atom. The van der Waals surface area contributed by atoms with E-state index in [-0.39, 0.29) is 11.7 Å². The van der Waals surface area contributed by atoms with E-state index in [0.717, 1.165) is 18.4 Å². The Kier molecular flexibility index (Phi) is 3.57. The Morgan fingerprint density at radius 1 is 1.33 bits per heavy atom. The van der Waals surface area contributed by atoms with Crippen LogP contribution in [-0.4, -0.2) is 16.0 Å². The van der Waals surface area contributed by atoms with Crippen LogP contribution in [-0.2, 0) is 4.79 Å². The maximum atomic E-state index is 12.5. The van der Waals surface area contributed by atoms with Gasteiger partial charge in [-0.05, 0) is 25.0 Å². The number of fused-ring (bicyclic) bond motifs is 1. The van der Waals surface area contributed by atoms with E-state index in [1.165, 1.54) is 0 Å². The van der Waals surface area contributed by atoms with Gasteiger partial charge < -0.3 is 5.32 Å². The number of carbonyl (C=O) groups excluding carboxylic acids is 2. The first-order chi connectivity index (χ1) is 8.50. The van der Waals surface area contributed by atoms with Crippen molar-refractivity contribution in [2.75, 3.05) is 5.32 Å². The Bertz CT molecular complexity index is 513. The third kappa shape index (κ3) is 1.99. The molecule has 1 N–H and O–H groups in total. The van der Waals surface area contributed by atoms with Gasteiger partial charge in [-0.15, -0.1) is 0 Å². The molecule has 0 aliphatic carbocycles. The van der Waals surface area contributed by atoms with Crippen molar-refractivity contribution in [2.24, 2.45) is 0 Å². The summed E-state index contributed by atoms with van der Waals surface area (Å²) in [6.45, 7) is 3.93. The monoisotopic (exact) mass is 309 g/mol. The lowest BCUT2D eigenvalue weighted by molar-refractivity contribution is -0.117. The first-order valence-corrected chi connectivity index (χ1v) is 6.94. The number of anilines is 1. The van der Waals surface area contributed by atoms with Crippen molar-refractivity contribution >= 4 is 33.3 Å². The van der Waals surface area contributed by atoms with E-state index in [0.29, 0.717) is 17.7 Å². The van der Waals surface area contributed by atoms with Gasteiger partial charge in [0.15, 0.2) is 10.1 Å². The average Bonchev–Trinajstić information content (AvgIpc) is 2.36. The number of para-hydroxylation sites is 1. The van der Waals surface area contributed by atoms with Crippen LogP contribution in [0.3, 0.4) is 0 Å². The van der Waals surface area contributed by atoms with E-state index < -0.39 is 4.32 Å². The van der Waals surface area contributed by atoms with E-state index in [1.807, 2.05) is 26.0 Å². The summed E-state index contributed by atoms with van der Waals surface area (Å²) in [5, 5.41) is 2.85. The van der Waals surface area contributed by atoms with E-state index in [2.05, 4.69) is 21.2 Å².